The Morgan fingerprint density at radius 2 is 1.89 bits per heavy atom. The van der Waals surface area contributed by atoms with Crippen LogP contribution < -0.4 is 5.32 Å². The van der Waals surface area contributed by atoms with Gasteiger partial charge < -0.3 is 5.32 Å². The molecule has 0 bridgehead atoms. The lowest BCUT2D eigenvalue weighted by Gasteiger charge is -2.27. The molecule has 106 valence electrons. The van der Waals surface area contributed by atoms with Crippen LogP contribution in [0.3, 0.4) is 0 Å². The van der Waals surface area contributed by atoms with Crippen molar-refractivity contribution in [2.75, 3.05) is 12.8 Å². The molecule has 0 spiro atoms. The molecule has 0 aromatic heterocycles. The van der Waals surface area contributed by atoms with E-state index in [0.717, 1.165) is 5.92 Å². The Kier molecular flexibility index (Phi) is 6.25. The van der Waals surface area contributed by atoms with Crippen molar-refractivity contribution in [3.63, 3.8) is 0 Å². The van der Waals surface area contributed by atoms with Gasteiger partial charge in [-0.2, -0.15) is 11.8 Å². The van der Waals surface area contributed by atoms with E-state index in [2.05, 4.69) is 61.4 Å². The molecule has 0 heterocycles. The Balaban J connectivity index is 1.93. The molecule has 2 heteroatoms. The van der Waals surface area contributed by atoms with Gasteiger partial charge >= 0.3 is 0 Å². The molecule has 1 saturated carbocycles. The lowest BCUT2D eigenvalue weighted by Crippen LogP contribution is -2.27. The van der Waals surface area contributed by atoms with Gasteiger partial charge in [-0.3, -0.25) is 0 Å². The molecule has 1 aromatic carbocycles. The minimum Gasteiger partial charge on any atom is -0.312 e. The lowest BCUT2D eigenvalue weighted by atomic mass is 10.0. The van der Waals surface area contributed by atoms with Crippen LogP contribution in [0.25, 0.3) is 0 Å². The normalized spacial score (nSPS) is 19.5. The van der Waals surface area contributed by atoms with Crippen LogP contribution in [-0.4, -0.2) is 18.1 Å². The van der Waals surface area contributed by atoms with Gasteiger partial charge in [0, 0.05) is 11.3 Å². The van der Waals surface area contributed by atoms with Gasteiger partial charge in [0.25, 0.3) is 0 Å². The van der Waals surface area contributed by atoms with Crippen molar-refractivity contribution in [1.29, 1.82) is 0 Å². The summed E-state index contributed by atoms with van der Waals surface area (Å²) in [6.07, 6.45) is 7.06. The first-order valence-electron chi connectivity index (χ1n) is 7.69. The first-order valence-corrected chi connectivity index (χ1v) is 8.73. The van der Waals surface area contributed by atoms with Crippen LogP contribution >= 0.6 is 11.8 Å². The molecule has 2 atom stereocenters. The van der Waals surface area contributed by atoms with Crippen LogP contribution in [0.1, 0.15) is 50.6 Å². The molecule has 0 amide bonds. The van der Waals surface area contributed by atoms with Crippen molar-refractivity contribution >= 4 is 11.8 Å². The Hall–Kier alpha value is -0.470. The maximum atomic E-state index is 3.52. The van der Waals surface area contributed by atoms with E-state index in [9.17, 15) is 0 Å². The zero-order valence-corrected chi connectivity index (χ0v) is 13.1. The summed E-state index contributed by atoms with van der Waals surface area (Å²) in [7, 11) is 2.09. The number of hydrogen-bond donors (Lipinski definition) is 1. The molecule has 1 aliphatic carbocycles. The number of nitrogens with one attached hydrogen (secondary N) is 1. The van der Waals surface area contributed by atoms with Gasteiger partial charge in [-0.15, -0.1) is 0 Å². The van der Waals surface area contributed by atoms with E-state index in [-0.39, 0.29) is 0 Å². The maximum Gasteiger partial charge on any atom is 0.0438 e. The summed E-state index contributed by atoms with van der Waals surface area (Å²) in [5.41, 5.74) is 1.43. The monoisotopic (exact) mass is 277 g/mol. The predicted octanol–water partition coefficient (Wildman–Crippen LogP) is 4.65. The highest BCUT2D eigenvalue weighted by Gasteiger charge is 2.23. The number of benzene rings is 1. The maximum absolute atomic E-state index is 3.52. The standard InChI is InChI=1S/C17H27NS/c1-3-16(19-13-14-9-7-8-10-14)17(18-2)15-11-5-4-6-12-15/h4-6,11-12,14,16-18H,3,7-10,13H2,1-2H3. The highest BCUT2D eigenvalue weighted by atomic mass is 32.2. The van der Waals surface area contributed by atoms with Gasteiger partial charge in [0.05, 0.1) is 0 Å². The fraction of sp³-hybridized carbons (Fsp3) is 0.647. The zero-order chi connectivity index (χ0) is 13.5. The summed E-state index contributed by atoms with van der Waals surface area (Å²) in [6, 6.07) is 11.4. The van der Waals surface area contributed by atoms with Crippen molar-refractivity contribution < 1.29 is 0 Å². The minimum absolute atomic E-state index is 0.484. The molecule has 0 saturated heterocycles. The molecule has 1 aromatic rings. The third kappa shape index (κ3) is 4.25. The molecular weight excluding hydrogens is 250 g/mol. The Labute approximate surface area is 122 Å². The van der Waals surface area contributed by atoms with Gasteiger partial charge in [0.15, 0.2) is 0 Å². The van der Waals surface area contributed by atoms with Crippen molar-refractivity contribution in [3.05, 3.63) is 35.9 Å². The minimum atomic E-state index is 0.484. The number of rotatable bonds is 7. The largest absolute Gasteiger partial charge is 0.312 e. The third-order valence-corrected chi connectivity index (χ3v) is 5.96. The van der Waals surface area contributed by atoms with Crippen molar-refractivity contribution in [2.45, 2.75) is 50.3 Å². The van der Waals surface area contributed by atoms with Gasteiger partial charge in [0.2, 0.25) is 0 Å². The van der Waals surface area contributed by atoms with E-state index in [1.807, 2.05) is 0 Å². The Morgan fingerprint density at radius 1 is 1.21 bits per heavy atom. The summed E-state index contributed by atoms with van der Waals surface area (Å²) in [5, 5.41) is 4.21. The summed E-state index contributed by atoms with van der Waals surface area (Å²) in [4.78, 5) is 0. The van der Waals surface area contributed by atoms with E-state index in [0.29, 0.717) is 11.3 Å². The smallest absolute Gasteiger partial charge is 0.0438 e. The van der Waals surface area contributed by atoms with Crippen LogP contribution in [0.4, 0.5) is 0 Å². The predicted molar refractivity (Wildman–Crippen MR) is 86.7 cm³/mol. The van der Waals surface area contributed by atoms with Crippen molar-refractivity contribution in [1.82, 2.24) is 5.32 Å². The van der Waals surface area contributed by atoms with E-state index in [4.69, 9.17) is 0 Å². The van der Waals surface area contributed by atoms with Gasteiger partial charge in [-0.05, 0) is 43.5 Å². The average Bonchev–Trinajstić information content (AvgIpc) is 2.97. The zero-order valence-electron chi connectivity index (χ0n) is 12.3. The summed E-state index contributed by atoms with van der Waals surface area (Å²) < 4.78 is 0. The molecule has 1 nitrogen and oxygen atoms in total. The lowest BCUT2D eigenvalue weighted by molar-refractivity contribution is 0.551. The first kappa shape index (κ1) is 14.9. The molecule has 0 radical (unpaired) electrons. The van der Waals surface area contributed by atoms with Gasteiger partial charge in [-0.1, -0.05) is 50.1 Å². The third-order valence-electron chi connectivity index (χ3n) is 4.26. The van der Waals surface area contributed by atoms with E-state index in [1.54, 1.807) is 0 Å². The van der Waals surface area contributed by atoms with Crippen LogP contribution in [0.5, 0.6) is 0 Å². The van der Waals surface area contributed by atoms with Crippen LogP contribution in [0, 0.1) is 5.92 Å². The topological polar surface area (TPSA) is 12.0 Å². The Bertz CT molecular complexity index is 346. The second kappa shape index (κ2) is 7.96. The van der Waals surface area contributed by atoms with Crippen LogP contribution in [-0.2, 0) is 0 Å². The van der Waals surface area contributed by atoms with Crippen LogP contribution in [0.15, 0.2) is 30.3 Å². The Morgan fingerprint density at radius 3 is 2.47 bits per heavy atom. The molecule has 0 aliphatic heterocycles. The molecule has 1 aliphatic rings. The summed E-state index contributed by atoms with van der Waals surface area (Å²) >= 11 is 2.18. The summed E-state index contributed by atoms with van der Waals surface area (Å²) in [5.74, 6) is 2.33. The fourth-order valence-electron chi connectivity index (χ4n) is 3.11. The quantitative estimate of drug-likeness (QED) is 0.778. The second-order valence-corrected chi connectivity index (χ2v) is 6.88. The fourth-order valence-corrected chi connectivity index (χ4v) is 4.69. The molecule has 19 heavy (non-hydrogen) atoms. The highest BCUT2D eigenvalue weighted by molar-refractivity contribution is 7.99. The SMILES string of the molecule is CCC(SCC1CCCC1)C(NC)c1ccccc1. The number of hydrogen-bond acceptors (Lipinski definition) is 2. The first-order chi connectivity index (χ1) is 9.35. The van der Waals surface area contributed by atoms with E-state index >= 15 is 0 Å². The van der Waals surface area contributed by atoms with Gasteiger partial charge in [-0.25, -0.2) is 0 Å². The molecule has 2 unspecified atom stereocenters. The molecular formula is C17H27NS. The average molecular weight is 277 g/mol. The second-order valence-electron chi connectivity index (χ2n) is 5.61. The summed E-state index contributed by atoms with van der Waals surface area (Å²) in [6.45, 7) is 2.32. The van der Waals surface area contributed by atoms with Crippen LogP contribution in [0.2, 0.25) is 0 Å². The van der Waals surface area contributed by atoms with Crippen molar-refractivity contribution in [2.24, 2.45) is 5.92 Å². The van der Waals surface area contributed by atoms with E-state index < -0.39 is 0 Å². The molecule has 1 fully saturated rings. The van der Waals surface area contributed by atoms with E-state index in [1.165, 1.54) is 43.4 Å². The van der Waals surface area contributed by atoms with Crippen molar-refractivity contribution in [3.8, 4) is 0 Å². The van der Waals surface area contributed by atoms with Gasteiger partial charge in [0.1, 0.15) is 0 Å². The molecule has 1 N–H and O–H groups in total. The number of thioether (sulfide) groups is 1. The molecule has 2 rings (SSSR count). The highest BCUT2D eigenvalue weighted by Crippen LogP contribution is 2.34.